The van der Waals surface area contributed by atoms with Gasteiger partial charge in [0.2, 0.25) is 0 Å². The van der Waals surface area contributed by atoms with Crippen molar-refractivity contribution in [3.8, 4) is 0 Å². The van der Waals surface area contributed by atoms with E-state index in [-0.39, 0.29) is 13.2 Å². The molecule has 1 aliphatic rings. The number of aliphatic hydroxyl groups is 1. The lowest BCUT2D eigenvalue weighted by Crippen LogP contribution is -2.39. The molecule has 0 bridgehead atoms. The van der Waals surface area contributed by atoms with Crippen LogP contribution in [-0.2, 0) is 19.8 Å². The average Bonchev–Trinajstić information content (AvgIpc) is 2.35. The van der Waals surface area contributed by atoms with E-state index in [4.69, 9.17) is 14.0 Å². The summed E-state index contributed by atoms with van der Waals surface area (Å²) in [5, 5.41) is 9.54. The van der Waals surface area contributed by atoms with Crippen LogP contribution in [0.15, 0.2) is 0 Å². The minimum absolute atomic E-state index is 0.0319. The van der Waals surface area contributed by atoms with Gasteiger partial charge in [0.15, 0.2) is 0 Å². The number of rotatable bonds is 8. The Bertz CT molecular complexity index is 344. The van der Waals surface area contributed by atoms with Crippen LogP contribution in [0.2, 0.25) is 0 Å². The highest BCUT2D eigenvalue weighted by atomic mass is 32.2. The minimum Gasteiger partial charge on any atom is -0.389 e. The summed E-state index contributed by atoms with van der Waals surface area (Å²) in [6.07, 6.45) is -0.961. The summed E-state index contributed by atoms with van der Waals surface area (Å²) in [5.41, 5.74) is 0. The molecule has 1 aliphatic heterocycles. The van der Waals surface area contributed by atoms with Crippen LogP contribution in [0, 0.1) is 0 Å². The molecule has 19 heavy (non-hydrogen) atoms. The Morgan fingerprint density at radius 1 is 1.42 bits per heavy atom. The van der Waals surface area contributed by atoms with E-state index in [1.807, 2.05) is 0 Å². The summed E-state index contributed by atoms with van der Waals surface area (Å²) in [6, 6.07) is 0. The third kappa shape index (κ3) is 7.16. The topological polar surface area (TPSA) is 99.5 Å². The molecule has 1 atom stereocenters. The molecule has 1 fully saturated rings. The van der Waals surface area contributed by atoms with Gasteiger partial charge in [-0.2, -0.15) is 12.7 Å². The lowest BCUT2D eigenvalue weighted by atomic mass is 10.4. The highest BCUT2D eigenvalue weighted by Gasteiger charge is 2.17. The van der Waals surface area contributed by atoms with Crippen molar-refractivity contribution in [2.24, 2.45) is 0 Å². The van der Waals surface area contributed by atoms with Gasteiger partial charge in [0.25, 0.3) is 0 Å². The normalized spacial score (nSPS) is 19.8. The van der Waals surface area contributed by atoms with Crippen molar-refractivity contribution in [3.63, 3.8) is 0 Å². The van der Waals surface area contributed by atoms with E-state index in [0.29, 0.717) is 10.9 Å². The van der Waals surface area contributed by atoms with Crippen LogP contribution >= 0.6 is 0 Å². The van der Waals surface area contributed by atoms with Gasteiger partial charge in [0.05, 0.1) is 32.5 Å². The van der Waals surface area contributed by atoms with Crippen molar-refractivity contribution in [3.05, 3.63) is 0 Å². The van der Waals surface area contributed by atoms with Crippen LogP contribution in [0.3, 0.4) is 0 Å². The summed E-state index contributed by atoms with van der Waals surface area (Å²) in [6.45, 7) is 4.25. The van der Waals surface area contributed by atoms with E-state index in [1.165, 1.54) is 7.05 Å². The Kier molecular flexibility index (Phi) is 7.15. The van der Waals surface area contributed by atoms with Crippen LogP contribution < -0.4 is 0 Å². The predicted octanol–water partition coefficient (Wildman–Crippen LogP) is -1.57. The number of likely N-dealkylation sites (N-methyl/N-ethyl adjacent to an activating group) is 1. The Balaban J connectivity index is 2.08. The molecule has 0 radical (unpaired) electrons. The first-order valence-electron chi connectivity index (χ1n) is 6.14. The van der Waals surface area contributed by atoms with Gasteiger partial charge in [0.1, 0.15) is 0 Å². The number of ether oxygens (including phenoxy) is 2. The molecule has 0 amide bonds. The Labute approximate surface area is 113 Å². The van der Waals surface area contributed by atoms with Crippen molar-refractivity contribution >= 4 is 10.3 Å². The van der Waals surface area contributed by atoms with Gasteiger partial charge in [-0.3, -0.25) is 9.45 Å². The zero-order valence-electron chi connectivity index (χ0n) is 11.1. The van der Waals surface area contributed by atoms with Crippen molar-refractivity contribution in [1.82, 2.24) is 9.21 Å². The average molecular weight is 298 g/mol. The van der Waals surface area contributed by atoms with E-state index < -0.39 is 16.4 Å². The quantitative estimate of drug-likeness (QED) is 0.412. The molecule has 1 rings (SSSR count). The van der Waals surface area contributed by atoms with Gasteiger partial charge >= 0.3 is 10.3 Å². The van der Waals surface area contributed by atoms with Crippen LogP contribution in [0.1, 0.15) is 0 Å². The van der Waals surface area contributed by atoms with Gasteiger partial charge in [-0.15, -0.1) is 0 Å². The number of aliphatic hydroxyl groups excluding tert-OH is 1. The Morgan fingerprint density at radius 3 is 2.63 bits per heavy atom. The fourth-order valence-electron chi connectivity index (χ4n) is 1.68. The molecule has 0 aromatic carbocycles. The molecule has 0 aromatic heterocycles. The van der Waals surface area contributed by atoms with Crippen molar-refractivity contribution in [2.45, 2.75) is 6.10 Å². The maximum atomic E-state index is 10.7. The molecule has 114 valence electrons. The predicted molar refractivity (Wildman–Crippen MR) is 68.3 cm³/mol. The highest BCUT2D eigenvalue weighted by molar-refractivity contribution is 7.83. The second-order valence-electron chi connectivity index (χ2n) is 4.44. The number of hydrogen-bond acceptors (Lipinski definition) is 6. The summed E-state index contributed by atoms with van der Waals surface area (Å²) in [7, 11) is -3.06. The van der Waals surface area contributed by atoms with Crippen molar-refractivity contribution < 1.29 is 27.6 Å². The van der Waals surface area contributed by atoms with E-state index in [1.54, 1.807) is 0 Å². The second kappa shape index (κ2) is 8.10. The summed E-state index contributed by atoms with van der Waals surface area (Å²) < 4.78 is 41.3. The lowest BCUT2D eigenvalue weighted by molar-refractivity contribution is -0.00138. The number of nitrogens with zero attached hydrogens (tertiary/aromatic N) is 2. The van der Waals surface area contributed by atoms with Gasteiger partial charge < -0.3 is 14.6 Å². The summed E-state index contributed by atoms with van der Waals surface area (Å²) >= 11 is 0. The van der Waals surface area contributed by atoms with E-state index >= 15 is 0 Å². The lowest BCUT2D eigenvalue weighted by Gasteiger charge is -2.26. The number of morpholine rings is 1. The molecule has 9 heteroatoms. The van der Waals surface area contributed by atoms with Crippen molar-refractivity contribution in [2.75, 3.05) is 59.7 Å². The highest BCUT2D eigenvalue weighted by Crippen LogP contribution is 1.98. The molecule has 8 nitrogen and oxygen atoms in total. The molecule has 0 saturated carbocycles. The maximum Gasteiger partial charge on any atom is 0.335 e. The largest absolute Gasteiger partial charge is 0.389 e. The standard InChI is InChI=1S/C10H22N2O6S/c1-11(19(14,15)16)8-10(13)9-18-7-4-12-2-5-17-6-3-12/h10,13H,2-9H2,1H3,(H,14,15,16). The Morgan fingerprint density at radius 2 is 2.05 bits per heavy atom. The van der Waals surface area contributed by atoms with Crippen LogP contribution in [0.5, 0.6) is 0 Å². The SMILES string of the molecule is CN(CC(O)COCCN1CCOCC1)S(=O)(=O)O. The second-order valence-corrected chi connectivity index (χ2v) is 5.96. The molecular weight excluding hydrogens is 276 g/mol. The van der Waals surface area contributed by atoms with Gasteiger partial charge in [-0.1, -0.05) is 0 Å². The smallest absolute Gasteiger partial charge is 0.335 e. The van der Waals surface area contributed by atoms with Crippen LogP contribution in [0.25, 0.3) is 0 Å². The molecule has 1 heterocycles. The molecule has 0 aliphatic carbocycles. The first-order chi connectivity index (χ1) is 8.89. The van der Waals surface area contributed by atoms with Crippen LogP contribution in [-0.4, -0.2) is 93.0 Å². The molecule has 1 saturated heterocycles. The van der Waals surface area contributed by atoms with E-state index in [0.717, 1.165) is 32.8 Å². The first-order valence-corrected chi connectivity index (χ1v) is 7.54. The third-order valence-corrected chi connectivity index (χ3v) is 3.76. The maximum absolute atomic E-state index is 10.7. The van der Waals surface area contributed by atoms with Gasteiger partial charge in [-0.25, -0.2) is 0 Å². The molecule has 0 spiro atoms. The zero-order chi connectivity index (χ0) is 14.3. The van der Waals surface area contributed by atoms with Gasteiger partial charge in [0, 0.05) is 33.2 Å². The third-order valence-electron chi connectivity index (χ3n) is 2.83. The molecule has 0 aromatic rings. The first kappa shape index (κ1) is 16.8. The summed E-state index contributed by atoms with van der Waals surface area (Å²) in [5.74, 6) is 0. The minimum atomic E-state index is -4.25. The van der Waals surface area contributed by atoms with Crippen molar-refractivity contribution in [1.29, 1.82) is 0 Å². The monoisotopic (exact) mass is 298 g/mol. The van der Waals surface area contributed by atoms with Gasteiger partial charge in [-0.05, 0) is 0 Å². The fraction of sp³-hybridized carbons (Fsp3) is 1.00. The molecule has 2 N–H and O–H groups in total. The molecule has 1 unspecified atom stereocenters. The van der Waals surface area contributed by atoms with Crippen LogP contribution in [0.4, 0.5) is 0 Å². The number of hydrogen-bond donors (Lipinski definition) is 2. The van der Waals surface area contributed by atoms with E-state index in [2.05, 4.69) is 4.90 Å². The molecular formula is C10H22N2O6S. The van der Waals surface area contributed by atoms with E-state index in [9.17, 15) is 13.5 Å². The summed E-state index contributed by atoms with van der Waals surface area (Å²) in [4.78, 5) is 2.19. The zero-order valence-corrected chi connectivity index (χ0v) is 11.9. The Hall–Kier alpha value is -0.290. The fourth-order valence-corrected chi connectivity index (χ4v) is 2.04.